The van der Waals surface area contributed by atoms with Gasteiger partial charge in [-0.3, -0.25) is 4.79 Å². The molecule has 1 heterocycles. The molecule has 2 N–H and O–H groups in total. The van der Waals surface area contributed by atoms with E-state index in [0.29, 0.717) is 19.4 Å². The first-order valence-electron chi connectivity index (χ1n) is 4.18. The Morgan fingerprint density at radius 3 is 2.85 bits per heavy atom. The third-order valence-electron chi connectivity index (χ3n) is 1.66. The SMILES string of the molecule is NCCCC(=O)Cc1ccc(Br)s1. The lowest BCUT2D eigenvalue weighted by molar-refractivity contribution is -0.118. The molecule has 0 fully saturated rings. The average Bonchev–Trinajstić information content (AvgIpc) is 2.48. The monoisotopic (exact) mass is 261 g/mol. The van der Waals surface area contributed by atoms with Crippen LogP contribution in [0.3, 0.4) is 0 Å². The lowest BCUT2D eigenvalue weighted by Crippen LogP contribution is -2.06. The second-order valence-corrected chi connectivity index (χ2v) is 5.36. The number of carbonyl (C=O) groups excluding carboxylic acids is 1. The lowest BCUT2D eigenvalue weighted by atomic mass is 10.1. The van der Waals surface area contributed by atoms with Gasteiger partial charge in [0.2, 0.25) is 0 Å². The van der Waals surface area contributed by atoms with Crippen molar-refractivity contribution in [2.24, 2.45) is 5.73 Å². The number of halogens is 1. The zero-order valence-corrected chi connectivity index (χ0v) is 9.66. The lowest BCUT2D eigenvalue weighted by Gasteiger charge is -1.96. The second kappa shape index (κ2) is 5.52. The molecule has 1 aromatic heterocycles. The van der Waals surface area contributed by atoms with Gasteiger partial charge in [0, 0.05) is 17.7 Å². The van der Waals surface area contributed by atoms with Gasteiger partial charge in [-0.25, -0.2) is 0 Å². The van der Waals surface area contributed by atoms with E-state index >= 15 is 0 Å². The van der Waals surface area contributed by atoms with E-state index in [1.165, 1.54) is 0 Å². The highest BCUT2D eigenvalue weighted by Crippen LogP contribution is 2.22. The van der Waals surface area contributed by atoms with Gasteiger partial charge in [0.25, 0.3) is 0 Å². The number of ketones is 1. The summed E-state index contributed by atoms with van der Waals surface area (Å²) >= 11 is 4.98. The molecule has 0 amide bonds. The van der Waals surface area contributed by atoms with Gasteiger partial charge in [-0.15, -0.1) is 11.3 Å². The second-order valence-electron chi connectivity index (χ2n) is 2.81. The van der Waals surface area contributed by atoms with Gasteiger partial charge in [0.05, 0.1) is 3.79 Å². The van der Waals surface area contributed by atoms with Crippen LogP contribution >= 0.6 is 27.3 Å². The van der Waals surface area contributed by atoms with Crippen molar-refractivity contribution in [1.29, 1.82) is 0 Å². The number of rotatable bonds is 5. The molecule has 0 unspecified atom stereocenters. The predicted molar refractivity (Wildman–Crippen MR) is 59.0 cm³/mol. The smallest absolute Gasteiger partial charge is 0.138 e. The van der Waals surface area contributed by atoms with E-state index in [4.69, 9.17) is 5.73 Å². The van der Waals surface area contributed by atoms with E-state index in [-0.39, 0.29) is 5.78 Å². The minimum Gasteiger partial charge on any atom is -0.330 e. The van der Waals surface area contributed by atoms with Gasteiger partial charge in [0.1, 0.15) is 5.78 Å². The summed E-state index contributed by atoms with van der Waals surface area (Å²) in [4.78, 5) is 12.4. The fourth-order valence-corrected chi connectivity index (χ4v) is 2.54. The third kappa shape index (κ3) is 4.02. The number of hydrogen-bond donors (Lipinski definition) is 1. The molecule has 0 radical (unpaired) electrons. The Kier molecular flexibility index (Phi) is 4.62. The molecular formula is C9H12BrNOS. The van der Waals surface area contributed by atoms with Crippen LogP contribution in [0, 0.1) is 0 Å². The number of nitrogens with two attached hydrogens (primary N) is 1. The normalized spacial score (nSPS) is 10.3. The molecule has 0 aliphatic heterocycles. The van der Waals surface area contributed by atoms with Crippen molar-refractivity contribution < 1.29 is 4.79 Å². The largest absolute Gasteiger partial charge is 0.330 e. The molecule has 0 spiro atoms. The van der Waals surface area contributed by atoms with E-state index in [1.807, 2.05) is 12.1 Å². The molecule has 0 aromatic carbocycles. The number of carbonyl (C=O) groups is 1. The molecule has 0 saturated heterocycles. The van der Waals surface area contributed by atoms with Crippen LogP contribution in [0.15, 0.2) is 15.9 Å². The van der Waals surface area contributed by atoms with Crippen LogP contribution in [-0.2, 0) is 11.2 Å². The number of thiophene rings is 1. The summed E-state index contributed by atoms with van der Waals surface area (Å²) < 4.78 is 1.08. The molecule has 0 atom stereocenters. The average molecular weight is 262 g/mol. The maximum atomic E-state index is 11.3. The molecule has 4 heteroatoms. The highest BCUT2D eigenvalue weighted by molar-refractivity contribution is 9.11. The van der Waals surface area contributed by atoms with E-state index in [9.17, 15) is 4.79 Å². The van der Waals surface area contributed by atoms with Gasteiger partial charge >= 0.3 is 0 Å². The summed E-state index contributed by atoms with van der Waals surface area (Å²) in [6.45, 7) is 0.597. The minimum absolute atomic E-state index is 0.278. The van der Waals surface area contributed by atoms with Gasteiger partial charge in [-0.1, -0.05) is 0 Å². The van der Waals surface area contributed by atoms with Gasteiger partial charge in [-0.05, 0) is 41.0 Å². The molecule has 13 heavy (non-hydrogen) atoms. The topological polar surface area (TPSA) is 43.1 Å². The summed E-state index contributed by atoms with van der Waals surface area (Å²) in [7, 11) is 0. The molecule has 2 nitrogen and oxygen atoms in total. The van der Waals surface area contributed by atoms with Crippen molar-refractivity contribution in [2.45, 2.75) is 19.3 Å². The van der Waals surface area contributed by atoms with E-state index in [0.717, 1.165) is 15.1 Å². The molecule has 0 bridgehead atoms. The third-order valence-corrected chi connectivity index (χ3v) is 3.28. The van der Waals surface area contributed by atoms with Crippen LogP contribution in [0.4, 0.5) is 0 Å². The highest BCUT2D eigenvalue weighted by atomic mass is 79.9. The molecule has 0 aliphatic rings. The molecular weight excluding hydrogens is 250 g/mol. The van der Waals surface area contributed by atoms with Gasteiger partial charge in [0.15, 0.2) is 0 Å². The van der Waals surface area contributed by atoms with Crippen molar-refractivity contribution in [3.05, 3.63) is 20.8 Å². The molecule has 1 aromatic rings. The first-order valence-corrected chi connectivity index (χ1v) is 5.79. The Bertz CT molecular complexity index is 285. The first-order chi connectivity index (χ1) is 6.22. The van der Waals surface area contributed by atoms with Gasteiger partial charge in [-0.2, -0.15) is 0 Å². The van der Waals surface area contributed by atoms with Crippen molar-refractivity contribution in [3.8, 4) is 0 Å². The Labute approximate surface area is 90.3 Å². The quantitative estimate of drug-likeness (QED) is 0.885. The van der Waals surface area contributed by atoms with Crippen LogP contribution < -0.4 is 5.73 Å². The zero-order valence-electron chi connectivity index (χ0n) is 7.25. The standard InChI is InChI=1S/C9H12BrNOS/c10-9-4-3-8(13-9)6-7(12)2-1-5-11/h3-4H,1-2,5-6,11H2. The summed E-state index contributed by atoms with van der Waals surface area (Å²) in [6, 6.07) is 3.95. The molecule has 72 valence electrons. The predicted octanol–water partition coefficient (Wildman–Crippen LogP) is 2.36. The maximum absolute atomic E-state index is 11.3. The molecule has 1 rings (SSSR count). The summed E-state index contributed by atoms with van der Waals surface area (Å²) in [5.74, 6) is 0.278. The van der Waals surface area contributed by atoms with Gasteiger partial charge < -0.3 is 5.73 Å². The summed E-state index contributed by atoms with van der Waals surface area (Å²) in [5, 5.41) is 0. The van der Waals surface area contributed by atoms with Crippen LogP contribution in [0.5, 0.6) is 0 Å². The highest BCUT2D eigenvalue weighted by Gasteiger charge is 2.04. The Morgan fingerprint density at radius 2 is 2.31 bits per heavy atom. The van der Waals surface area contributed by atoms with E-state index in [1.54, 1.807) is 11.3 Å². The Hall–Kier alpha value is -0.190. The Morgan fingerprint density at radius 1 is 1.54 bits per heavy atom. The fraction of sp³-hybridized carbons (Fsp3) is 0.444. The summed E-state index contributed by atoms with van der Waals surface area (Å²) in [5.41, 5.74) is 5.32. The minimum atomic E-state index is 0.278. The van der Waals surface area contributed by atoms with Crippen molar-refractivity contribution in [2.75, 3.05) is 6.54 Å². The first kappa shape index (κ1) is 10.9. The van der Waals surface area contributed by atoms with Crippen LogP contribution in [0.1, 0.15) is 17.7 Å². The molecule has 0 saturated carbocycles. The summed E-state index contributed by atoms with van der Waals surface area (Å²) in [6.07, 6.45) is 1.95. The van der Waals surface area contributed by atoms with Crippen molar-refractivity contribution in [1.82, 2.24) is 0 Å². The maximum Gasteiger partial charge on any atom is 0.138 e. The Balaban J connectivity index is 2.36. The number of Topliss-reactive ketones (excluding diaryl/α,β-unsaturated/α-hetero) is 1. The van der Waals surface area contributed by atoms with Crippen molar-refractivity contribution >= 4 is 33.0 Å². The van der Waals surface area contributed by atoms with Crippen molar-refractivity contribution in [3.63, 3.8) is 0 Å². The fourth-order valence-electron chi connectivity index (χ4n) is 1.03. The van der Waals surface area contributed by atoms with Crippen LogP contribution in [0.2, 0.25) is 0 Å². The zero-order chi connectivity index (χ0) is 9.68. The van der Waals surface area contributed by atoms with E-state index in [2.05, 4.69) is 15.9 Å². The number of hydrogen-bond acceptors (Lipinski definition) is 3. The van der Waals surface area contributed by atoms with Crippen LogP contribution in [0.25, 0.3) is 0 Å². The van der Waals surface area contributed by atoms with E-state index < -0.39 is 0 Å². The van der Waals surface area contributed by atoms with Crippen LogP contribution in [-0.4, -0.2) is 12.3 Å². The molecule has 0 aliphatic carbocycles.